The first kappa shape index (κ1) is 39.4. The van der Waals surface area contributed by atoms with Crippen LogP contribution in [0.25, 0.3) is 10.8 Å². The summed E-state index contributed by atoms with van der Waals surface area (Å²) in [5.74, 6) is -4.78. The van der Waals surface area contributed by atoms with Crippen LogP contribution in [0.3, 0.4) is 0 Å². The van der Waals surface area contributed by atoms with Gasteiger partial charge in [0, 0.05) is 13.0 Å². The number of ether oxygens (including phenoxy) is 1. The normalized spacial score (nSPS) is 16.0. The Balaban J connectivity index is 1.58. The number of fused-ring (bicyclic) bond motifs is 1. The second-order valence-corrected chi connectivity index (χ2v) is 13.4. The van der Waals surface area contributed by atoms with E-state index < -0.39 is 72.1 Å². The molecule has 14 heteroatoms. The number of nitrogens with one attached hydrogen (secondary N) is 4. The fourth-order valence-corrected chi connectivity index (χ4v) is 5.71. The van der Waals surface area contributed by atoms with Gasteiger partial charge in [0.15, 0.2) is 0 Å². The number of nitrogens with two attached hydrogens (primary N) is 1. The van der Waals surface area contributed by atoms with Crippen LogP contribution in [0.4, 0.5) is 4.79 Å². The first-order valence-corrected chi connectivity index (χ1v) is 17.1. The van der Waals surface area contributed by atoms with Gasteiger partial charge in [-0.25, -0.2) is 4.79 Å². The fraction of sp³-hybridized carbons (Fsp3) is 0.528. The van der Waals surface area contributed by atoms with E-state index >= 15 is 0 Å². The second-order valence-electron chi connectivity index (χ2n) is 13.4. The molecule has 0 radical (unpaired) electrons. The maximum absolute atomic E-state index is 13.5. The number of Topliss-reactive ketones (excluding diaryl/α,β-unsaturated/α-hetero) is 1. The lowest BCUT2D eigenvalue weighted by Crippen LogP contribution is -2.57. The van der Waals surface area contributed by atoms with Crippen LogP contribution in [0.2, 0.25) is 0 Å². The Morgan fingerprint density at radius 3 is 2.26 bits per heavy atom. The van der Waals surface area contributed by atoms with Gasteiger partial charge in [-0.05, 0) is 47.4 Å². The lowest BCUT2D eigenvalue weighted by atomic mass is 10.0. The van der Waals surface area contributed by atoms with E-state index in [2.05, 4.69) is 21.3 Å². The number of rotatable bonds is 17. The highest BCUT2D eigenvalue weighted by molar-refractivity contribution is 6.38. The van der Waals surface area contributed by atoms with E-state index in [1.807, 2.05) is 56.3 Å². The maximum atomic E-state index is 13.5. The van der Waals surface area contributed by atoms with Gasteiger partial charge >= 0.3 is 6.09 Å². The minimum absolute atomic E-state index is 0.111. The van der Waals surface area contributed by atoms with Gasteiger partial charge in [-0.2, -0.15) is 0 Å². The fourth-order valence-electron chi connectivity index (χ4n) is 5.71. The van der Waals surface area contributed by atoms with E-state index in [-0.39, 0.29) is 37.8 Å². The molecule has 1 heterocycles. The molecule has 1 fully saturated rings. The van der Waals surface area contributed by atoms with Gasteiger partial charge in [-0.1, -0.05) is 83.5 Å². The molecule has 1 aliphatic rings. The Morgan fingerprint density at radius 1 is 0.920 bits per heavy atom. The van der Waals surface area contributed by atoms with Crippen molar-refractivity contribution in [2.45, 2.75) is 90.9 Å². The summed E-state index contributed by atoms with van der Waals surface area (Å²) >= 11 is 0. The van der Waals surface area contributed by atoms with Crippen molar-refractivity contribution in [2.24, 2.45) is 17.6 Å². The molecule has 0 saturated carbocycles. The van der Waals surface area contributed by atoms with E-state index in [1.54, 1.807) is 20.8 Å². The van der Waals surface area contributed by atoms with Crippen LogP contribution in [0.15, 0.2) is 42.5 Å². The van der Waals surface area contributed by atoms with E-state index in [0.29, 0.717) is 19.3 Å². The average Bonchev–Trinajstić information content (AvgIpc) is 3.57. The third-order valence-electron chi connectivity index (χ3n) is 8.37. The quantitative estimate of drug-likeness (QED) is 0.154. The Labute approximate surface area is 292 Å². The van der Waals surface area contributed by atoms with E-state index in [4.69, 9.17) is 10.5 Å². The standard InChI is InChI=1S/C36H50N6O8/c1-6-10-26(40-33(46)28-13-9-16-42(28)35(48)30(22(4)5)41-36(49)50-20-21(2)3)31(44)34(47)38-19-29(43)39-27(32(37)45)18-23-14-15-24-11-7-8-12-25(24)17-23/h7-8,11-12,14-15,17,21-22,26-28,30H,6,9-10,13,16,18-20H2,1-5H3,(H2,37,45)(H,38,47)(H,39,43)(H,40,46)(H,41,49). The van der Waals surface area contributed by atoms with Gasteiger partial charge in [0.2, 0.25) is 29.4 Å². The highest BCUT2D eigenvalue weighted by Gasteiger charge is 2.40. The molecule has 6 N–H and O–H groups in total. The molecule has 0 spiro atoms. The zero-order chi connectivity index (χ0) is 37.0. The van der Waals surface area contributed by atoms with Crippen LogP contribution in [0.1, 0.15) is 65.9 Å². The largest absolute Gasteiger partial charge is 0.449 e. The van der Waals surface area contributed by atoms with Crippen molar-refractivity contribution in [3.8, 4) is 0 Å². The number of likely N-dealkylation sites (tertiary alicyclic amines) is 1. The predicted molar refractivity (Wildman–Crippen MR) is 186 cm³/mol. The summed E-state index contributed by atoms with van der Waals surface area (Å²) in [6.45, 7) is 8.95. The van der Waals surface area contributed by atoms with E-state index in [9.17, 15) is 33.6 Å². The molecule has 2 aromatic carbocycles. The zero-order valence-corrected chi connectivity index (χ0v) is 29.5. The number of nitrogens with zero attached hydrogens (tertiary/aromatic N) is 1. The summed E-state index contributed by atoms with van der Waals surface area (Å²) in [6, 6.07) is 9.20. The number of amides is 6. The molecule has 14 nitrogen and oxygen atoms in total. The molecule has 0 aromatic heterocycles. The van der Waals surface area contributed by atoms with Crippen LogP contribution in [0.5, 0.6) is 0 Å². The van der Waals surface area contributed by atoms with Crippen LogP contribution in [0, 0.1) is 11.8 Å². The molecule has 4 unspecified atom stereocenters. The smallest absolute Gasteiger partial charge is 0.407 e. The molecule has 4 atom stereocenters. The summed E-state index contributed by atoms with van der Waals surface area (Å²) in [5.41, 5.74) is 6.31. The van der Waals surface area contributed by atoms with E-state index in [1.165, 1.54) is 4.90 Å². The number of primary amides is 1. The molecule has 2 aromatic rings. The molecular formula is C36H50N6O8. The van der Waals surface area contributed by atoms with Crippen LogP contribution >= 0.6 is 0 Å². The summed E-state index contributed by atoms with van der Waals surface area (Å²) < 4.78 is 5.18. The van der Waals surface area contributed by atoms with Crippen molar-refractivity contribution in [3.63, 3.8) is 0 Å². The third kappa shape index (κ3) is 11.3. The predicted octanol–water partition coefficient (Wildman–Crippen LogP) is 1.72. The summed E-state index contributed by atoms with van der Waals surface area (Å²) in [5, 5.41) is 12.0. The first-order valence-electron chi connectivity index (χ1n) is 17.1. The molecule has 0 aliphatic carbocycles. The number of ketones is 1. The van der Waals surface area contributed by atoms with E-state index in [0.717, 1.165) is 16.3 Å². The molecule has 272 valence electrons. The number of carbonyl (C=O) groups is 7. The minimum Gasteiger partial charge on any atom is -0.449 e. The van der Waals surface area contributed by atoms with Crippen LogP contribution < -0.4 is 27.0 Å². The molecule has 6 amide bonds. The molecule has 0 bridgehead atoms. The maximum Gasteiger partial charge on any atom is 0.407 e. The zero-order valence-electron chi connectivity index (χ0n) is 29.5. The lowest BCUT2D eigenvalue weighted by Gasteiger charge is -2.31. The van der Waals surface area contributed by atoms with Gasteiger partial charge in [-0.3, -0.25) is 28.8 Å². The number of hydrogen-bond acceptors (Lipinski definition) is 8. The SMILES string of the molecule is CCCC(NC(=O)C1CCCN1C(=O)C(NC(=O)OCC(C)C)C(C)C)C(=O)C(=O)NCC(=O)NC(Cc1ccc2ccccc2c1)C(N)=O. The number of hydrogen-bond donors (Lipinski definition) is 5. The first-order chi connectivity index (χ1) is 23.7. The lowest BCUT2D eigenvalue weighted by molar-refractivity contribution is -0.143. The third-order valence-corrected chi connectivity index (χ3v) is 8.37. The number of benzene rings is 2. The van der Waals surface area contributed by atoms with Crippen molar-refractivity contribution in [3.05, 3.63) is 48.0 Å². The van der Waals surface area contributed by atoms with Crippen molar-refractivity contribution < 1.29 is 38.3 Å². The number of carbonyl (C=O) groups excluding carboxylic acids is 7. The van der Waals surface area contributed by atoms with Crippen LogP contribution in [-0.2, 0) is 39.9 Å². The van der Waals surface area contributed by atoms with Gasteiger partial charge in [0.25, 0.3) is 5.91 Å². The van der Waals surface area contributed by atoms with Gasteiger partial charge in [0.1, 0.15) is 18.1 Å². The van der Waals surface area contributed by atoms with Crippen LogP contribution in [-0.4, -0.2) is 90.2 Å². The Kier molecular flexibility index (Phi) is 14.7. The van der Waals surface area contributed by atoms with Gasteiger partial charge in [-0.15, -0.1) is 0 Å². The van der Waals surface area contributed by atoms with Crippen molar-refractivity contribution >= 4 is 52.2 Å². The molecular weight excluding hydrogens is 644 g/mol. The average molecular weight is 695 g/mol. The summed E-state index contributed by atoms with van der Waals surface area (Å²) in [4.78, 5) is 91.5. The van der Waals surface area contributed by atoms with Gasteiger partial charge < -0.3 is 36.6 Å². The summed E-state index contributed by atoms with van der Waals surface area (Å²) in [7, 11) is 0. The Morgan fingerprint density at radius 2 is 1.62 bits per heavy atom. The monoisotopic (exact) mass is 694 g/mol. The number of alkyl carbamates (subject to hydrolysis) is 1. The molecule has 1 aliphatic heterocycles. The van der Waals surface area contributed by atoms with Crippen molar-refractivity contribution in [1.82, 2.24) is 26.2 Å². The Hall–Kier alpha value is -5.01. The second kappa shape index (κ2) is 18.7. The molecule has 50 heavy (non-hydrogen) atoms. The topological polar surface area (TPSA) is 206 Å². The summed E-state index contributed by atoms with van der Waals surface area (Å²) in [6.07, 6.45) is 0.847. The van der Waals surface area contributed by atoms with Gasteiger partial charge in [0.05, 0.1) is 19.2 Å². The van der Waals surface area contributed by atoms with Crippen molar-refractivity contribution in [1.29, 1.82) is 0 Å². The molecule has 1 saturated heterocycles. The Bertz CT molecular complexity index is 1560. The highest BCUT2D eigenvalue weighted by Crippen LogP contribution is 2.21. The van der Waals surface area contributed by atoms with Crippen molar-refractivity contribution in [2.75, 3.05) is 19.7 Å². The minimum atomic E-state index is -1.20. The highest BCUT2D eigenvalue weighted by atomic mass is 16.5. The molecule has 3 rings (SSSR count).